The number of amides is 1. The van der Waals surface area contributed by atoms with Crippen molar-refractivity contribution in [3.63, 3.8) is 0 Å². The highest BCUT2D eigenvalue weighted by atomic mass is 16.6. The summed E-state index contributed by atoms with van der Waals surface area (Å²) in [5, 5.41) is 0. The van der Waals surface area contributed by atoms with Crippen molar-refractivity contribution >= 4 is 12.1 Å². The van der Waals surface area contributed by atoms with Crippen LogP contribution < -0.4 is 0 Å². The summed E-state index contributed by atoms with van der Waals surface area (Å²) in [6, 6.07) is 0. The Hall–Kier alpha value is -1.52. The van der Waals surface area contributed by atoms with Gasteiger partial charge in [0.1, 0.15) is 11.2 Å². The minimum Gasteiger partial charge on any atom is -0.457 e. The zero-order chi connectivity index (χ0) is 20.8. The first-order valence-corrected chi connectivity index (χ1v) is 10.2. The summed E-state index contributed by atoms with van der Waals surface area (Å²) >= 11 is 0. The molecule has 0 unspecified atom stereocenters. The second-order valence-corrected chi connectivity index (χ2v) is 9.98. The Labute approximate surface area is 165 Å². The van der Waals surface area contributed by atoms with E-state index in [0.717, 1.165) is 24.8 Å². The quantitative estimate of drug-likeness (QED) is 0.476. The molecule has 1 saturated heterocycles. The van der Waals surface area contributed by atoms with Crippen molar-refractivity contribution < 1.29 is 19.1 Å². The van der Waals surface area contributed by atoms with Gasteiger partial charge in [-0.1, -0.05) is 19.9 Å². The van der Waals surface area contributed by atoms with E-state index in [9.17, 15) is 9.59 Å². The molecule has 0 atom stereocenters. The van der Waals surface area contributed by atoms with Gasteiger partial charge in [0.15, 0.2) is 0 Å². The smallest absolute Gasteiger partial charge is 0.410 e. The van der Waals surface area contributed by atoms with Gasteiger partial charge in [0.25, 0.3) is 0 Å². The Balaban J connectivity index is 2.66. The molecule has 27 heavy (non-hydrogen) atoms. The summed E-state index contributed by atoms with van der Waals surface area (Å²) in [5.74, 6) is 0.670. The standard InChI is InChI=1S/C22H39NO4/c1-16(2)9-10-18(19(24)26-21(3,4)5)15-17-11-13-23(14-12-17)20(25)27-22(6,7)8/h10,16-17H,9,11-15H2,1-8H3/b18-10-. The number of hydrogen-bond donors (Lipinski definition) is 0. The van der Waals surface area contributed by atoms with Crippen LogP contribution in [-0.4, -0.2) is 41.3 Å². The Morgan fingerprint density at radius 1 is 1.00 bits per heavy atom. The van der Waals surface area contributed by atoms with Crippen LogP contribution >= 0.6 is 0 Å². The second kappa shape index (κ2) is 9.61. The maximum absolute atomic E-state index is 12.6. The number of esters is 1. The number of hydrogen-bond acceptors (Lipinski definition) is 4. The molecule has 0 aromatic heterocycles. The third kappa shape index (κ3) is 9.83. The Morgan fingerprint density at radius 2 is 1.52 bits per heavy atom. The summed E-state index contributed by atoms with van der Waals surface area (Å²) in [6.07, 6.45) is 5.12. The van der Waals surface area contributed by atoms with Gasteiger partial charge >= 0.3 is 12.1 Å². The zero-order valence-electron chi connectivity index (χ0n) is 18.6. The first kappa shape index (κ1) is 23.5. The molecule has 1 rings (SSSR count). The topological polar surface area (TPSA) is 55.8 Å². The monoisotopic (exact) mass is 381 g/mol. The van der Waals surface area contributed by atoms with Crippen LogP contribution in [0, 0.1) is 11.8 Å². The van der Waals surface area contributed by atoms with Crippen molar-refractivity contribution in [1.82, 2.24) is 4.90 Å². The van der Waals surface area contributed by atoms with E-state index in [1.165, 1.54) is 0 Å². The molecular formula is C22H39NO4. The molecule has 1 aliphatic heterocycles. The molecule has 5 heteroatoms. The lowest BCUT2D eigenvalue weighted by Gasteiger charge is -2.33. The minimum absolute atomic E-state index is 0.210. The SMILES string of the molecule is CC(C)C/C=C(/CC1CCN(C(=O)OC(C)(C)C)CC1)C(=O)OC(C)(C)C. The fraction of sp³-hybridized carbons (Fsp3) is 0.818. The van der Waals surface area contributed by atoms with E-state index >= 15 is 0 Å². The highest BCUT2D eigenvalue weighted by molar-refractivity contribution is 5.88. The van der Waals surface area contributed by atoms with Gasteiger partial charge in [-0.2, -0.15) is 0 Å². The van der Waals surface area contributed by atoms with Gasteiger partial charge in [0.05, 0.1) is 0 Å². The highest BCUT2D eigenvalue weighted by Crippen LogP contribution is 2.27. The molecular weight excluding hydrogens is 342 g/mol. The molecule has 1 heterocycles. The van der Waals surface area contributed by atoms with Gasteiger partial charge < -0.3 is 14.4 Å². The molecule has 1 amide bonds. The first-order chi connectivity index (χ1) is 12.3. The molecule has 1 aliphatic rings. The van der Waals surface area contributed by atoms with Crippen molar-refractivity contribution in [3.05, 3.63) is 11.6 Å². The van der Waals surface area contributed by atoms with E-state index in [2.05, 4.69) is 13.8 Å². The summed E-state index contributed by atoms with van der Waals surface area (Å²) in [4.78, 5) is 26.6. The van der Waals surface area contributed by atoms with Crippen LogP contribution in [0.2, 0.25) is 0 Å². The molecule has 0 N–H and O–H groups in total. The molecule has 0 aromatic carbocycles. The van der Waals surface area contributed by atoms with Crippen LogP contribution in [0.15, 0.2) is 11.6 Å². The van der Waals surface area contributed by atoms with Crippen LogP contribution in [0.4, 0.5) is 4.79 Å². The zero-order valence-corrected chi connectivity index (χ0v) is 18.6. The van der Waals surface area contributed by atoms with E-state index in [1.54, 1.807) is 4.90 Å². The molecule has 0 saturated carbocycles. The third-order valence-electron chi connectivity index (χ3n) is 4.27. The molecule has 0 spiro atoms. The lowest BCUT2D eigenvalue weighted by atomic mass is 9.89. The lowest BCUT2D eigenvalue weighted by Crippen LogP contribution is -2.41. The fourth-order valence-electron chi connectivity index (χ4n) is 2.93. The van der Waals surface area contributed by atoms with E-state index in [1.807, 2.05) is 47.6 Å². The van der Waals surface area contributed by atoms with Gasteiger partial charge in [-0.05, 0) is 79.1 Å². The average molecular weight is 382 g/mol. The number of carbonyl (C=O) groups is 2. The van der Waals surface area contributed by atoms with Crippen LogP contribution in [0.5, 0.6) is 0 Å². The number of ether oxygens (including phenoxy) is 2. The van der Waals surface area contributed by atoms with Crippen LogP contribution in [0.25, 0.3) is 0 Å². The summed E-state index contributed by atoms with van der Waals surface area (Å²) < 4.78 is 11.0. The first-order valence-electron chi connectivity index (χ1n) is 10.2. The largest absolute Gasteiger partial charge is 0.457 e. The van der Waals surface area contributed by atoms with Crippen LogP contribution in [0.1, 0.15) is 81.1 Å². The molecule has 0 radical (unpaired) electrons. The average Bonchev–Trinajstić information content (AvgIpc) is 2.48. The minimum atomic E-state index is -0.492. The van der Waals surface area contributed by atoms with Crippen molar-refractivity contribution in [1.29, 1.82) is 0 Å². The number of allylic oxidation sites excluding steroid dienone is 1. The number of carbonyl (C=O) groups excluding carboxylic acids is 2. The van der Waals surface area contributed by atoms with Gasteiger partial charge in [0, 0.05) is 18.7 Å². The number of piperidine rings is 1. The Bertz CT molecular complexity index is 529. The Morgan fingerprint density at radius 3 is 1.96 bits per heavy atom. The molecule has 1 fully saturated rings. The maximum Gasteiger partial charge on any atom is 0.410 e. The molecule has 156 valence electrons. The molecule has 0 bridgehead atoms. The van der Waals surface area contributed by atoms with Gasteiger partial charge in [-0.3, -0.25) is 0 Å². The predicted molar refractivity (Wildman–Crippen MR) is 109 cm³/mol. The predicted octanol–water partition coefficient (Wildman–Crippen LogP) is 5.34. The van der Waals surface area contributed by atoms with Crippen molar-refractivity contribution in [2.24, 2.45) is 11.8 Å². The molecule has 0 aliphatic carbocycles. The number of rotatable bonds is 5. The third-order valence-corrected chi connectivity index (χ3v) is 4.27. The van der Waals surface area contributed by atoms with Crippen molar-refractivity contribution in [2.45, 2.75) is 92.3 Å². The van der Waals surface area contributed by atoms with E-state index in [-0.39, 0.29) is 12.1 Å². The van der Waals surface area contributed by atoms with Crippen molar-refractivity contribution in [3.8, 4) is 0 Å². The summed E-state index contributed by atoms with van der Waals surface area (Å²) in [7, 11) is 0. The van der Waals surface area contributed by atoms with Crippen molar-refractivity contribution in [2.75, 3.05) is 13.1 Å². The maximum atomic E-state index is 12.6. The lowest BCUT2D eigenvalue weighted by molar-refractivity contribution is -0.150. The van der Waals surface area contributed by atoms with E-state index in [4.69, 9.17) is 9.47 Å². The molecule has 0 aromatic rings. The highest BCUT2D eigenvalue weighted by Gasteiger charge is 2.29. The van der Waals surface area contributed by atoms with Gasteiger partial charge in [0.2, 0.25) is 0 Å². The second-order valence-electron chi connectivity index (χ2n) is 9.98. The van der Waals surface area contributed by atoms with E-state index < -0.39 is 11.2 Å². The molecule has 5 nitrogen and oxygen atoms in total. The summed E-state index contributed by atoms with van der Waals surface area (Å²) in [5.41, 5.74) is -0.194. The van der Waals surface area contributed by atoms with Crippen LogP contribution in [-0.2, 0) is 14.3 Å². The Kier molecular flexibility index (Phi) is 8.37. The van der Waals surface area contributed by atoms with Gasteiger partial charge in [-0.15, -0.1) is 0 Å². The fourth-order valence-corrected chi connectivity index (χ4v) is 2.93. The van der Waals surface area contributed by atoms with Gasteiger partial charge in [-0.25, -0.2) is 9.59 Å². The number of likely N-dealkylation sites (tertiary alicyclic amines) is 1. The number of nitrogens with zero attached hydrogens (tertiary/aromatic N) is 1. The summed E-state index contributed by atoms with van der Waals surface area (Å²) in [6.45, 7) is 16.9. The normalized spacial score (nSPS) is 17.2. The van der Waals surface area contributed by atoms with E-state index in [0.29, 0.717) is 31.3 Å². The van der Waals surface area contributed by atoms with Crippen LogP contribution in [0.3, 0.4) is 0 Å².